The van der Waals surface area contributed by atoms with Crippen molar-refractivity contribution in [2.45, 2.75) is 29.5 Å². The van der Waals surface area contributed by atoms with Gasteiger partial charge in [0.05, 0.1) is 18.3 Å². The minimum absolute atomic E-state index is 0.0712. The first kappa shape index (κ1) is 21.3. The van der Waals surface area contributed by atoms with E-state index in [-0.39, 0.29) is 24.4 Å². The van der Waals surface area contributed by atoms with Crippen molar-refractivity contribution in [2.24, 2.45) is 7.05 Å². The summed E-state index contributed by atoms with van der Waals surface area (Å²) in [4.78, 5) is 26.9. The Balaban J connectivity index is 1.39. The Labute approximate surface area is 171 Å². The van der Waals surface area contributed by atoms with Gasteiger partial charge in [-0.05, 0) is 37.1 Å². The van der Waals surface area contributed by atoms with Gasteiger partial charge >= 0.3 is 0 Å². The van der Waals surface area contributed by atoms with Crippen molar-refractivity contribution in [3.8, 4) is 0 Å². The molecule has 3 rings (SSSR count). The van der Waals surface area contributed by atoms with E-state index < -0.39 is 5.76 Å². The van der Waals surface area contributed by atoms with E-state index in [0.717, 1.165) is 12.8 Å². The molecule has 2 heterocycles. The Morgan fingerprint density at radius 1 is 1.24 bits per heavy atom. The monoisotopic (exact) mass is 423 g/mol. The summed E-state index contributed by atoms with van der Waals surface area (Å²) < 4.78 is 26.3. The average Bonchev–Trinajstić information content (AvgIpc) is 3.11. The van der Waals surface area contributed by atoms with Crippen molar-refractivity contribution in [3.63, 3.8) is 0 Å². The zero-order valence-electron chi connectivity index (χ0n) is 16.0. The van der Waals surface area contributed by atoms with Gasteiger partial charge < -0.3 is 10.6 Å². The molecular formula is C19H23F2N5O2S. The zero-order valence-corrected chi connectivity index (χ0v) is 16.8. The quantitative estimate of drug-likeness (QED) is 0.670. The molecule has 2 aromatic rings. The third kappa shape index (κ3) is 6.53. The van der Waals surface area contributed by atoms with Crippen molar-refractivity contribution in [2.75, 3.05) is 25.0 Å². The lowest BCUT2D eigenvalue weighted by atomic mass is 10.0. The highest BCUT2D eigenvalue weighted by Crippen LogP contribution is 2.26. The summed E-state index contributed by atoms with van der Waals surface area (Å²) in [7, 11) is 1.76. The number of aryl methyl sites for hydroxylation is 1. The number of nitrogens with one attached hydrogen (secondary N) is 2. The fourth-order valence-electron chi connectivity index (χ4n) is 3.17. The Kier molecular flexibility index (Phi) is 7.21. The van der Waals surface area contributed by atoms with Gasteiger partial charge in [-0.3, -0.25) is 19.2 Å². The maximum atomic E-state index is 12.3. The number of anilines is 1. The smallest absolute Gasteiger partial charge is 0.288 e. The molecule has 29 heavy (non-hydrogen) atoms. The summed E-state index contributed by atoms with van der Waals surface area (Å²) in [6, 6.07) is 6.42. The summed E-state index contributed by atoms with van der Waals surface area (Å²) in [5, 5.41) is 9.78. The van der Waals surface area contributed by atoms with Crippen LogP contribution < -0.4 is 10.6 Å². The highest BCUT2D eigenvalue weighted by Gasteiger charge is 2.23. The van der Waals surface area contributed by atoms with Crippen LogP contribution in [-0.4, -0.2) is 57.9 Å². The number of hydrogen-bond acceptors (Lipinski definition) is 5. The molecular weight excluding hydrogens is 400 g/mol. The summed E-state index contributed by atoms with van der Waals surface area (Å²) in [6.45, 7) is 1.65. The second-order valence-corrected chi connectivity index (χ2v) is 7.94. The Hall–Kier alpha value is -2.46. The van der Waals surface area contributed by atoms with Gasteiger partial charge in [-0.15, -0.1) is 0 Å². The maximum absolute atomic E-state index is 12.3. The van der Waals surface area contributed by atoms with E-state index >= 15 is 0 Å². The van der Waals surface area contributed by atoms with Crippen LogP contribution in [0.5, 0.6) is 0 Å². The topological polar surface area (TPSA) is 79.3 Å². The van der Waals surface area contributed by atoms with Crippen LogP contribution in [0.15, 0.2) is 41.6 Å². The molecule has 2 N–H and O–H groups in total. The molecule has 0 spiro atoms. The second-order valence-electron chi connectivity index (χ2n) is 6.88. The van der Waals surface area contributed by atoms with Crippen LogP contribution >= 0.6 is 11.8 Å². The number of thioether (sulfide) groups is 1. The largest absolute Gasteiger partial charge is 0.349 e. The minimum atomic E-state index is -2.47. The van der Waals surface area contributed by atoms with E-state index in [9.17, 15) is 18.4 Å². The predicted molar refractivity (Wildman–Crippen MR) is 107 cm³/mol. The van der Waals surface area contributed by atoms with E-state index in [1.54, 1.807) is 42.2 Å². The average molecular weight is 423 g/mol. The number of rotatable bonds is 7. The number of piperidine rings is 1. The molecule has 1 aliphatic heterocycles. The zero-order chi connectivity index (χ0) is 20.8. The lowest BCUT2D eigenvalue weighted by molar-refractivity contribution is -0.117. The molecule has 0 aliphatic carbocycles. The Bertz CT molecular complexity index is 835. The van der Waals surface area contributed by atoms with E-state index in [0.29, 0.717) is 41.0 Å². The standard InChI is InChI=1S/C19H23F2N5O2S/c1-25-11-13(10-22-25)18(28)24-15-6-8-26(9-7-15)12-17(27)23-14-2-4-16(5-3-14)29-19(20)21/h2-5,10-11,15,19H,6-9,12H2,1H3,(H,23,27)(H,24,28). The third-order valence-corrected chi connectivity index (χ3v) is 5.34. The third-order valence-electron chi connectivity index (χ3n) is 4.62. The predicted octanol–water partition coefficient (Wildman–Crippen LogP) is 2.57. The summed E-state index contributed by atoms with van der Waals surface area (Å²) in [5.41, 5.74) is 1.11. The second kappa shape index (κ2) is 9.84. The normalized spacial score (nSPS) is 15.4. The molecule has 1 aliphatic rings. The first-order valence-electron chi connectivity index (χ1n) is 9.25. The van der Waals surface area contributed by atoms with Gasteiger partial charge in [0.2, 0.25) is 5.91 Å². The SMILES string of the molecule is Cn1cc(C(=O)NC2CCN(CC(=O)Nc3ccc(SC(F)F)cc3)CC2)cn1. The van der Waals surface area contributed by atoms with E-state index in [1.807, 2.05) is 4.90 Å². The number of halogens is 2. The van der Waals surface area contributed by atoms with Crippen molar-refractivity contribution in [1.29, 1.82) is 0 Å². The molecule has 7 nitrogen and oxygen atoms in total. The lowest BCUT2D eigenvalue weighted by Crippen LogP contribution is -2.46. The molecule has 2 amide bonds. The molecule has 1 fully saturated rings. The van der Waals surface area contributed by atoms with Crippen molar-refractivity contribution < 1.29 is 18.4 Å². The molecule has 0 saturated carbocycles. The fourth-order valence-corrected chi connectivity index (χ4v) is 3.66. The first-order valence-corrected chi connectivity index (χ1v) is 10.1. The van der Waals surface area contributed by atoms with Gasteiger partial charge in [0, 0.05) is 43.0 Å². The Morgan fingerprint density at radius 3 is 2.52 bits per heavy atom. The number of benzene rings is 1. The highest BCUT2D eigenvalue weighted by atomic mass is 32.2. The number of alkyl halides is 2. The summed E-state index contributed by atoms with van der Waals surface area (Å²) >= 11 is 0.470. The van der Waals surface area contributed by atoms with Gasteiger partial charge in [-0.1, -0.05) is 11.8 Å². The summed E-state index contributed by atoms with van der Waals surface area (Å²) in [6.07, 6.45) is 4.73. The Morgan fingerprint density at radius 2 is 1.93 bits per heavy atom. The molecule has 1 aromatic heterocycles. The lowest BCUT2D eigenvalue weighted by Gasteiger charge is -2.31. The van der Waals surface area contributed by atoms with Crippen LogP contribution in [0.3, 0.4) is 0 Å². The van der Waals surface area contributed by atoms with Crippen LogP contribution in [-0.2, 0) is 11.8 Å². The highest BCUT2D eigenvalue weighted by molar-refractivity contribution is 7.99. The van der Waals surface area contributed by atoms with E-state index in [1.165, 1.54) is 6.20 Å². The van der Waals surface area contributed by atoms with Gasteiger partial charge in [0.25, 0.3) is 11.7 Å². The minimum Gasteiger partial charge on any atom is -0.349 e. The van der Waals surface area contributed by atoms with Gasteiger partial charge in [-0.2, -0.15) is 13.9 Å². The number of aromatic nitrogens is 2. The van der Waals surface area contributed by atoms with Crippen LogP contribution in [0, 0.1) is 0 Å². The van der Waals surface area contributed by atoms with Gasteiger partial charge in [0.1, 0.15) is 0 Å². The van der Waals surface area contributed by atoms with Crippen LogP contribution in [0.2, 0.25) is 0 Å². The fraction of sp³-hybridized carbons (Fsp3) is 0.421. The molecule has 1 saturated heterocycles. The molecule has 156 valence electrons. The molecule has 1 aromatic carbocycles. The number of carbonyl (C=O) groups is 2. The van der Waals surface area contributed by atoms with Crippen LogP contribution in [0.25, 0.3) is 0 Å². The summed E-state index contributed by atoms with van der Waals surface area (Å²) in [5.74, 6) is -2.76. The first-order chi connectivity index (χ1) is 13.9. The van der Waals surface area contributed by atoms with Gasteiger partial charge in [0.15, 0.2) is 0 Å². The van der Waals surface area contributed by atoms with Crippen molar-refractivity contribution >= 4 is 29.3 Å². The van der Waals surface area contributed by atoms with Crippen molar-refractivity contribution in [3.05, 3.63) is 42.2 Å². The molecule has 0 atom stereocenters. The van der Waals surface area contributed by atoms with Crippen LogP contribution in [0.4, 0.5) is 14.5 Å². The van der Waals surface area contributed by atoms with Crippen LogP contribution in [0.1, 0.15) is 23.2 Å². The molecule has 0 unspecified atom stereocenters. The molecule has 10 heteroatoms. The number of amides is 2. The number of nitrogens with zero attached hydrogens (tertiary/aromatic N) is 3. The van der Waals surface area contributed by atoms with Gasteiger partial charge in [-0.25, -0.2) is 0 Å². The molecule has 0 bridgehead atoms. The van der Waals surface area contributed by atoms with E-state index in [2.05, 4.69) is 15.7 Å². The van der Waals surface area contributed by atoms with E-state index in [4.69, 9.17) is 0 Å². The number of likely N-dealkylation sites (tertiary alicyclic amines) is 1. The van der Waals surface area contributed by atoms with Crippen molar-refractivity contribution in [1.82, 2.24) is 20.0 Å². The number of carbonyl (C=O) groups excluding carboxylic acids is 2. The maximum Gasteiger partial charge on any atom is 0.288 e. The number of hydrogen-bond donors (Lipinski definition) is 2. The molecule has 0 radical (unpaired) electrons.